The first kappa shape index (κ1) is 108. The van der Waals surface area contributed by atoms with E-state index < -0.39 is 91.3 Å². The first-order chi connectivity index (χ1) is 54.3. The molecule has 8 N–H and O–H groups in total. The van der Waals surface area contributed by atoms with E-state index in [9.17, 15) is 57.9 Å². The third-order valence-corrected chi connectivity index (χ3v) is 21.7. The fourth-order valence-electron chi connectivity index (χ4n) is 12.8. The molecule has 0 aromatic heterocycles. The summed E-state index contributed by atoms with van der Waals surface area (Å²) < 4.78 is 71.2. The number of phosphoric ester groups is 2. The van der Waals surface area contributed by atoms with Crippen LogP contribution in [0, 0.1) is 0 Å². The summed E-state index contributed by atoms with van der Waals surface area (Å²) in [5.41, 5.74) is 0. The van der Waals surface area contributed by atoms with Crippen LogP contribution in [0.5, 0.6) is 0 Å². The number of carbonyl (C=O) groups excluding carboxylic acids is 6. The summed E-state index contributed by atoms with van der Waals surface area (Å²) in [7, 11) is -9.68. The second kappa shape index (κ2) is 78.5. The average molecular weight is 1640 g/mol. The number of rotatable bonds is 85. The predicted octanol–water partition coefficient (Wildman–Crippen LogP) is 19.3. The lowest BCUT2D eigenvalue weighted by molar-refractivity contribution is -0.151. The van der Waals surface area contributed by atoms with Crippen molar-refractivity contribution in [2.24, 2.45) is 0 Å². The van der Waals surface area contributed by atoms with Crippen LogP contribution in [0.15, 0.2) is 24.3 Å². The Morgan fingerprint density at radius 3 is 0.911 bits per heavy atom. The summed E-state index contributed by atoms with van der Waals surface area (Å²) in [5, 5.41) is 31.4. The molecule has 0 aromatic rings. The Labute approximate surface area is 679 Å². The van der Waals surface area contributed by atoms with Crippen molar-refractivity contribution in [1.82, 2.24) is 21.3 Å². The number of amides is 4. The number of hydrogen-bond donors (Lipinski definition) is 8. The topological polar surface area (TPSA) is 339 Å². The van der Waals surface area contributed by atoms with Crippen molar-refractivity contribution in [2.45, 2.75) is 425 Å². The zero-order chi connectivity index (χ0) is 82.5. The molecule has 0 rings (SSSR count). The molecule has 2 unspecified atom stereocenters. The number of aliphatic hydroxyl groups is 2. The number of esters is 2. The van der Waals surface area contributed by atoms with Crippen LogP contribution in [0.1, 0.15) is 388 Å². The first-order valence-corrected chi connectivity index (χ1v) is 47.8. The zero-order valence-corrected chi connectivity index (χ0v) is 73.0. The molecule has 0 heterocycles. The van der Waals surface area contributed by atoms with Crippen LogP contribution >= 0.6 is 15.6 Å². The Kier molecular flexibility index (Phi) is 76.0. The van der Waals surface area contributed by atoms with E-state index in [0.29, 0.717) is 64.2 Å². The third kappa shape index (κ3) is 71.7. The van der Waals surface area contributed by atoms with Gasteiger partial charge in [0, 0.05) is 51.6 Å². The van der Waals surface area contributed by atoms with Crippen molar-refractivity contribution in [3.63, 3.8) is 0 Å². The standard InChI is InChI=1S/C86H164N4O20P2/c1-7-13-19-25-29-33-35-39-41-47-53-59-79(91)89-75(71-103-67-63-77(57-51-45-23-17-11-5)109-81(93)61-55-49-43-37-31-27-21-15-9-3)73-107-111(99,100)105-69-65-87-85(97)83(95)84(96)86(98)88-66-70-106-112(101,102)108-74-76(90-80(92)60-54-48-42-40-36-34-30-26-20-14-8-2)72-104-68-64-78(58-52-46-24-18-12-6)110-82(94)62-56-50-44-38-32-28-22-16-10-4/h37-38,43-44,75-78,83-84,95-96H,7-36,39-42,45-74H2,1-6H3,(H,87,97)(H,88,98)(H,89,91)(H,90,92)(H,99,100)(H,101,102)/b43-37-,44-38-/t75-,76+,77-,78-,83+,84-/m1/s1. The van der Waals surface area contributed by atoms with E-state index in [4.69, 9.17) is 37.0 Å². The van der Waals surface area contributed by atoms with Crippen molar-refractivity contribution in [2.75, 3.05) is 65.9 Å². The van der Waals surface area contributed by atoms with E-state index in [0.717, 1.165) is 141 Å². The highest BCUT2D eigenvalue weighted by Gasteiger charge is 2.32. The molecule has 0 aliphatic carbocycles. The normalized spacial score (nSPS) is 14.5. The summed E-state index contributed by atoms with van der Waals surface area (Å²) in [6, 6.07) is -1.76. The summed E-state index contributed by atoms with van der Waals surface area (Å²) in [6.07, 6.45) is 56.3. The summed E-state index contributed by atoms with van der Waals surface area (Å²) in [6.45, 7) is 10.1. The Morgan fingerprint density at radius 2 is 0.598 bits per heavy atom. The van der Waals surface area contributed by atoms with E-state index in [2.05, 4.69) is 87.1 Å². The Bertz CT molecular complexity index is 2250. The lowest BCUT2D eigenvalue weighted by Gasteiger charge is -2.22. The molecule has 112 heavy (non-hydrogen) atoms. The van der Waals surface area contributed by atoms with Gasteiger partial charge in [-0.2, -0.15) is 0 Å². The number of carbonyl (C=O) groups is 6. The molecule has 0 saturated carbocycles. The number of phosphoric acid groups is 2. The van der Waals surface area contributed by atoms with Gasteiger partial charge in [0.2, 0.25) is 11.8 Å². The highest BCUT2D eigenvalue weighted by Crippen LogP contribution is 2.44. The SMILES string of the molecule is CCCCCC/C=C\CCCC(=O)O[C@H](CCCCCCC)CCOC[C@H](COP(=O)(O)OCCNC(=O)[C@@H](O)[C@@H](O)C(=O)NCCOP(=O)(O)OC[C@H](COCC[C@@H](CCCCCCC)OC(=O)CCC/C=C\CCCCCC)NC(=O)CCCCCCCCCCCCC)NC(=O)CCCCCCCCCCCCC. The van der Waals surface area contributed by atoms with Crippen LogP contribution in [-0.2, 0) is 74.9 Å². The monoisotopic (exact) mass is 1640 g/mol. The van der Waals surface area contributed by atoms with Gasteiger partial charge >= 0.3 is 27.6 Å². The molecule has 24 nitrogen and oxygen atoms in total. The zero-order valence-electron chi connectivity index (χ0n) is 71.2. The maximum Gasteiger partial charge on any atom is 0.472 e. The van der Waals surface area contributed by atoms with Gasteiger partial charge in [0.15, 0.2) is 12.2 Å². The van der Waals surface area contributed by atoms with Crippen molar-refractivity contribution >= 4 is 51.2 Å². The van der Waals surface area contributed by atoms with Gasteiger partial charge < -0.3 is 60.2 Å². The first-order valence-electron chi connectivity index (χ1n) is 44.8. The quantitative estimate of drug-likeness (QED) is 0.0121. The number of hydrogen-bond acceptors (Lipinski definition) is 18. The van der Waals surface area contributed by atoms with Gasteiger partial charge in [0.25, 0.3) is 11.8 Å². The van der Waals surface area contributed by atoms with Crippen LogP contribution in [0.4, 0.5) is 0 Å². The average Bonchev–Trinajstić information content (AvgIpc) is 0.904. The molecule has 0 aliphatic rings. The molecule has 0 aromatic carbocycles. The second-order valence-electron chi connectivity index (χ2n) is 30.5. The largest absolute Gasteiger partial charge is 0.472 e. The molecular weight excluding hydrogens is 1470 g/mol. The minimum absolute atomic E-state index is 0.0967. The highest BCUT2D eigenvalue weighted by molar-refractivity contribution is 7.47. The van der Waals surface area contributed by atoms with Gasteiger partial charge in [-0.05, 0) is 89.9 Å². The molecule has 0 spiro atoms. The Hall–Kier alpha value is -3.64. The van der Waals surface area contributed by atoms with E-state index in [-0.39, 0.29) is 75.2 Å². The van der Waals surface area contributed by atoms with E-state index in [1.807, 2.05) is 0 Å². The van der Waals surface area contributed by atoms with Crippen LogP contribution in [0.25, 0.3) is 0 Å². The van der Waals surface area contributed by atoms with Crippen molar-refractivity contribution in [3.8, 4) is 0 Å². The molecular formula is C86H164N4O20P2. The molecule has 0 fully saturated rings. The van der Waals surface area contributed by atoms with Crippen LogP contribution < -0.4 is 21.3 Å². The van der Waals surface area contributed by atoms with Gasteiger partial charge in [-0.3, -0.25) is 46.9 Å². The van der Waals surface area contributed by atoms with Crippen molar-refractivity contribution < 1.29 is 94.9 Å². The minimum Gasteiger partial charge on any atom is -0.462 e. The molecule has 8 atom stereocenters. The van der Waals surface area contributed by atoms with E-state index in [1.54, 1.807) is 0 Å². The van der Waals surface area contributed by atoms with Gasteiger partial charge in [-0.15, -0.1) is 0 Å². The maximum absolute atomic E-state index is 13.3. The molecule has 0 radical (unpaired) electrons. The fraction of sp³-hybridized carbons (Fsp3) is 0.884. The van der Waals surface area contributed by atoms with Crippen molar-refractivity contribution in [3.05, 3.63) is 24.3 Å². The van der Waals surface area contributed by atoms with Crippen LogP contribution in [-0.4, -0.2) is 158 Å². The molecule has 26 heteroatoms. The van der Waals surface area contributed by atoms with Gasteiger partial charge in [-0.1, -0.05) is 284 Å². The van der Waals surface area contributed by atoms with Crippen LogP contribution in [0.2, 0.25) is 0 Å². The molecule has 0 saturated heterocycles. The number of aliphatic hydroxyl groups excluding tert-OH is 2. The van der Waals surface area contributed by atoms with Gasteiger partial charge in [0.1, 0.15) is 12.2 Å². The van der Waals surface area contributed by atoms with Crippen LogP contribution in [0.3, 0.4) is 0 Å². The van der Waals surface area contributed by atoms with Gasteiger partial charge in [0.05, 0.1) is 64.9 Å². The number of ether oxygens (including phenoxy) is 4. The Morgan fingerprint density at radius 1 is 0.321 bits per heavy atom. The summed E-state index contributed by atoms with van der Waals surface area (Å²) in [4.78, 5) is 99.7. The Balaban J connectivity index is 5.65. The lowest BCUT2D eigenvalue weighted by Crippen LogP contribution is -2.50. The molecule has 0 aliphatic heterocycles. The van der Waals surface area contributed by atoms with E-state index in [1.165, 1.54) is 128 Å². The maximum atomic E-state index is 13.3. The van der Waals surface area contributed by atoms with Crippen molar-refractivity contribution in [1.29, 1.82) is 0 Å². The lowest BCUT2D eigenvalue weighted by atomic mass is 10.1. The number of allylic oxidation sites excluding steroid dienone is 4. The third-order valence-electron chi connectivity index (χ3n) is 19.7. The highest BCUT2D eigenvalue weighted by atomic mass is 31.2. The molecule has 0 bridgehead atoms. The minimum atomic E-state index is -4.84. The van der Waals surface area contributed by atoms with E-state index >= 15 is 0 Å². The smallest absolute Gasteiger partial charge is 0.462 e. The number of unbranched alkanes of at least 4 members (excludes halogenated alkanes) is 38. The number of nitrogens with one attached hydrogen (secondary N) is 4. The van der Waals surface area contributed by atoms with Gasteiger partial charge in [-0.25, -0.2) is 9.13 Å². The predicted molar refractivity (Wildman–Crippen MR) is 448 cm³/mol. The molecule has 4 amide bonds. The summed E-state index contributed by atoms with van der Waals surface area (Å²) in [5.74, 6) is -3.56. The second-order valence-corrected chi connectivity index (χ2v) is 33.5. The summed E-state index contributed by atoms with van der Waals surface area (Å²) >= 11 is 0. The molecule has 658 valence electrons. The fourth-order valence-corrected chi connectivity index (χ4v) is 14.3.